The van der Waals surface area contributed by atoms with E-state index in [2.05, 4.69) is 0 Å². The van der Waals surface area contributed by atoms with Crippen molar-refractivity contribution in [1.29, 1.82) is 0 Å². The summed E-state index contributed by atoms with van der Waals surface area (Å²) in [5, 5.41) is 9.24. The summed E-state index contributed by atoms with van der Waals surface area (Å²) in [6.45, 7) is 0. The maximum Gasteiger partial charge on any atom is 0.359 e. The minimum atomic E-state index is -4.20. The van der Waals surface area contributed by atoms with Crippen LogP contribution in [0.15, 0.2) is 60.7 Å². The number of hydrogen-bond acceptors (Lipinski definition) is 3. The highest BCUT2D eigenvalue weighted by Gasteiger charge is 2.32. The van der Waals surface area contributed by atoms with Gasteiger partial charge in [-0.25, -0.2) is 4.79 Å². The number of rotatable bonds is 5. The van der Waals surface area contributed by atoms with Gasteiger partial charge in [0, 0.05) is 0 Å². The van der Waals surface area contributed by atoms with E-state index in [-0.39, 0.29) is 5.30 Å². The first-order chi connectivity index (χ1) is 9.50. The zero-order valence-corrected chi connectivity index (χ0v) is 11.3. The van der Waals surface area contributed by atoms with Crippen LogP contribution in [0.3, 0.4) is 0 Å². The summed E-state index contributed by atoms with van der Waals surface area (Å²) in [6, 6.07) is 15.8. The lowest BCUT2D eigenvalue weighted by atomic mass is 10.1. The molecule has 104 valence electrons. The highest BCUT2D eigenvalue weighted by atomic mass is 31.2. The van der Waals surface area contributed by atoms with Crippen LogP contribution in [0.1, 0.15) is 11.7 Å². The van der Waals surface area contributed by atoms with Gasteiger partial charge in [-0.2, -0.15) is 0 Å². The van der Waals surface area contributed by atoms with Crippen molar-refractivity contribution in [3.05, 3.63) is 66.2 Å². The van der Waals surface area contributed by atoms with E-state index in [9.17, 15) is 19.4 Å². The monoisotopic (exact) mass is 292 g/mol. The summed E-state index contributed by atoms with van der Waals surface area (Å²) in [5.41, 5.74) is 0.310. The second-order valence-electron chi connectivity index (χ2n) is 4.09. The minimum absolute atomic E-state index is 0.0576. The fourth-order valence-electron chi connectivity index (χ4n) is 1.70. The molecule has 2 N–H and O–H groups in total. The average molecular weight is 292 g/mol. The Kier molecular flexibility index (Phi) is 4.35. The highest BCUT2D eigenvalue weighted by Crippen LogP contribution is 2.45. The molecule has 0 aliphatic heterocycles. The number of aliphatic carboxylic acids is 1. The minimum Gasteiger partial charge on any atom is -0.479 e. The van der Waals surface area contributed by atoms with Gasteiger partial charge in [0.25, 0.3) is 0 Å². The van der Waals surface area contributed by atoms with E-state index in [4.69, 9.17) is 4.52 Å². The fourth-order valence-corrected chi connectivity index (χ4v) is 2.86. The van der Waals surface area contributed by atoms with E-state index in [1.54, 1.807) is 36.4 Å². The maximum absolute atomic E-state index is 12.2. The van der Waals surface area contributed by atoms with E-state index in [1.165, 1.54) is 24.3 Å². The molecule has 0 saturated carbocycles. The summed E-state index contributed by atoms with van der Waals surface area (Å²) >= 11 is 0. The lowest BCUT2D eigenvalue weighted by Gasteiger charge is -2.18. The second kappa shape index (κ2) is 6.01. The zero-order chi connectivity index (χ0) is 14.6. The van der Waals surface area contributed by atoms with Crippen molar-refractivity contribution in [2.24, 2.45) is 0 Å². The summed E-state index contributed by atoms with van der Waals surface area (Å²) in [5.74, 6) is -1.32. The molecule has 0 saturated heterocycles. The van der Waals surface area contributed by atoms with Crippen LogP contribution in [0.5, 0.6) is 0 Å². The van der Waals surface area contributed by atoms with E-state index in [0.29, 0.717) is 5.56 Å². The molecule has 20 heavy (non-hydrogen) atoms. The molecule has 0 amide bonds. The van der Waals surface area contributed by atoms with Gasteiger partial charge in [-0.3, -0.25) is 9.09 Å². The first kappa shape index (κ1) is 14.5. The van der Waals surface area contributed by atoms with Gasteiger partial charge in [-0.05, 0) is 17.7 Å². The van der Waals surface area contributed by atoms with Gasteiger partial charge in [0.05, 0.1) is 5.30 Å². The molecule has 2 atom stereocenters. The van der Waals surface area contributed by atoms with Gasteiger partial charge in [0.15, 0.2) is 6.10 Å². The molecular formula is C14H13O5P. The van der Waals surface area contributed by atoms with Crippen LogP contribution in [0, 0.1) is 0 Å². The molecule has 2 aromatic carbocycles. The third-order valence-electron chi connectivity index (χ3n) is 2.66. The first-order valence-electron chi connectivity index (χ1n) is 5.85. The van der Waals surface area contributed by atoms with E-state index in [0.717, 1.165) is 0 Å². The molecule has 6 heteroatoms. The summed E-state index contributed by atoms with van der Waals surface area (Å²) in [4.78, 5) is 21.2. The van der Waals surface area contributed by atoms with Crippen LogP contribution in [0.25, 0.3) is 0 Å². The van der Waals surface area contributed by atoms with Gasteiger partial charge < -0.3 is 10.00 Å². The van der Waals surface area contributed by atoms with Crippen molar-refractivity contribution < 1.29 is 23.9 Å². The van der Waals surface area contributed by atoms with E-state index >= 15 is 0 Å². The van der Waals surface area contributed by atoms with Gasteiger partial charge in [0.1, 0.15) is 0 Å². The average Bonchev–Trinajstić information content (AvgIpc) is 2.46. The van der Waals surface area contributed by atoms with Crippen LogP contribution >= 0.6 is 7.60 Å². The van der Waals surface area contributed by atoms with Gasteiger partial charge in [-0.1, -0.05) is 48.5 Å². The molecule has 2 aromatic rings. The van der Waals surface area contributed by atoms with Crippen LogP contribution in [0.4, 0.5) is 0 Å². The van der Waals surface area contributed by atoms with Crippen molar-refractivity contribution in [2.75, 3.05) is 0 Å². The Morgan fingerprint density at radius 1 is 1.00 bits per heavy atom. The SMILES string of the molecule is O=C(O)C(OP(=O)(O)c1ccccc1)c1ccccc1. The fraction of sp³-hybridized carbons (Fsp3) is 0.0714. The summed E-state index contributed by atoms with van der Waals surface area (Å²) in [6.07, 6.45) is -1.49. The van der Waals surface area contributed by atoms with Crippen molar-refractivity contribution in [1.82, 2.24) is 0 Å². The number of carbonyl (C=O) groups is 1. The number of hydrogen-bond donors (Lipinski definition) is 2. The molecule has 0 aliphatic carbocycles. The highest BCUT2D eigenvalue weighted by molar-refractivity contribution is 7.61. The van der Waals surface area contributed by atoms with E-state index < -0.39 is 19.7 Å². The molecular weight excluding hydrogens is 279 g/mol. The quantitative estimate of drug-likeness (QED) is 0.826. The third kappa shape index (κ3) is 3.33. The van der Waals surface area contributed by atoms with Crippen LogP contribution in [-0.4, -0.2) is 16.0 Å². The third-order valence-corrected chi connectivity index (χ3v) is 4.10. The van der Waals surface area contributed by atoms with Gasteiger partial charge >= 0.3 is 13.6 Å². The summed E-state index contributed by atoms with van der Waals surface area (Å²) < 4.78 is 17.2. The lowest BCUT2D eigenvalue weighted by molar-refractivity contribution is -0.145. The largest absolute Gasteiger partial charge is 0.479 e. The van der Waals surface area contributed by atoms with Crippen molar-refractivity contribution in [3.63, 3.8) is 0 Å². The lowest BCUT2D eigenvalue weighted by Crippen LogP contribution is -2.17. The van der Waals surface area contributed by atoms with Crippen molar-refractivity contribution in [2.45, 2.75) is 6.10 Å². The molecule has 0 spiro atoms. The Balaban J connectivity index is 2.30. The zero-order valence-electron chi connectivity index (χ0n) is 10.4. The maximum atomic E-state index is 12.2. The Morgan fingerprint density at radius 2 is 1.50 bits per heavy atom. The van der Waals surface area contributed by atoms with E-state index in [1.807, 2.05) is 0 Å². The molecule has 2 unspecified atom stereocenters. The van der Waals surface area contributed by atoms with Gasteiger partial charge in [-0.15, -0.1) is 0 Å². The Morgan fingerprint density at radius 3 is 2.00 bits per heavy atom. The van der Waals surface area contributed by atoms with Crippen LogP contribution in [-0.2, 0) is 13.9 Å². The molecule has 2 rings (SSSR count). The first-order valence-corrected chi connectivity index (χ1v) is 7.43. The van der Waals surface area contributed by atoms with Crippen molar-refractivity contribution in [3.8, 4) is 0 Å². The smallest absolute Gasteiger partial charge is 0.359 e. The molecule has 5 nitrogen and oxygen atoms in total. The molecule has 0 radical (unpaired) electrons. The molecule has 0 heterocycles. The van der Waals surface area contributed by atoms with Gasteiger partial charge in [0.2, 0.25) is 0 Å². The Labute approximate surface area is 116 Å². The molecule has 0 fully saturated rings. The normalized spacial score (nSPS) is 15.2. The molecule has 0 bridgehead atoms. The van der Waals surface area contributed by atoms with Crippen molar-refractivity contribution >= 4 is 18.9 Å². The standard InChI is InChI=1S/C14H13O5P/c15-14(16)13(11-7-3-1-4-8-11)19-20(17,18)12-9-5-2-6-10-12/h1-10,13H,(H,15,16)(H,17,18). The van der Waals surface area contributed by atoms with Crippen LogP contribution < -0.4 is 5.30 Å². The molecule has 0 aromatic heterocycles. The number of benzene rings is 2. The predicted octanol–water partition coefficient (Wildman–Crippen LogP) is 2.34. The molecule has 0 aliphatic rings. The second-order valence-corrected chi connectivity index (χ2v) is 5.86. The van der Waals surface area contributed by atoms with Crippen LogP contribution in [0.2, 0.25) is 0 Å². The topological polar surface area (TPSA) is 83.8 Å². The Bertz CT molecular complexity index is 627. The number of carboxylic acids is 1. The number of carboxylic acid groups (broad SMARTS) is 1. The summed E-state index contributed by atoms with van der Waals surface area (Å²) in [7, 11) is -4.20. The Hall–Kier alpha value is -1.94. The predicted molar refractivity (Wildman–Crippen MR) is 73.8 cm³/mol.